The van der Waals surface area contributed by atoms with E-state index in [2.05, 4.69) is 38.7 Å². The molecule has 1 heterocycles. The van der Waals surface area contributed by atoms with Crippen molar-refractivity contribution in [3.8, 4) is 11.4 Å². The van der Waals surface area contributed by atoms with Gasteiger partial charge in [0.1, 0.15) is 11.6 Å². The summed E-state index contributed by atoms with van der Waals surface area (Å²) in [7, 11) is -3.55. The smallest absolute Gasteiger partial charge is 0.212 e. The second-order valence-electron chi connectivity index (χ2n) is 7.92. The first-order chi connectivity index (χ1) is 15.9. The van der Waals surface area contributed by atoms with Crippen molar-refractivity contribution in [1.82, 2.24) is 24.8 Å². The maximum Gasteiger partial charge on any atom is 0.212 e. The molecule has 2 aromatic carbocycles. The van der Waals surface area contributed by atoms with E-state index in [1.54, 1.807) is 18.2 Å². The van der Waals surface area contributed by atoms with E-state index in [1.807, 2.05) is 30.3 Å². The number of aromatic amines is 1. The lowest BCUT2D eigenvalue weighted by Gasteiger charge is -2.19. The van der Waals surface area contributed by atoms with Crippen molar-refractivity contribution in [2.24, 2.45) is 0 Å². The van der Waals surface area contributed by atoms with Gasteiger partial charge in [0, 0.05) is 0 Å². The van der Waals surface area contributed by atoms with Gasteiger partial charge >= 0.3 is 0 Å². The molecule has 0 amide bonds. The van der Waals surface area contributed by atoms with Crippen LogP contribution in [0.15, 0.2) is 54.6 Å². The Hall–Kier alpha value is -2.62. The van der Waals surface area contributed by atoms with Gasteiger partial charge in [0.25, 0.3) is 0 Å². The molecule has 178 valence electrons. The fraction of sp³-hybridized carbons (Fsp3) is 0.417. The van der Waals surface area contributed by atoms with E-state index < -0.39 is 21.9 Å². The summed E-state index contributed by atoms with van der Waals surface area (Å²) >= 11 is 0. The maximum absolute atomic E-state index is 14.2. The number of aryl methyl sites for hydroxylation is 1. The molecule has 3 rings (SSSR count). The average molecular weight is 474 g/mol. The first kappa shape index (κ1) is 25.0. The van der Waals surface area contributed by atoms with Gasteiger partial charge in [0.05, 0.1) is 17.4 Å². The first-order valence-corrected chi connectivity index (χ1v) is 13.0. The lowest BCUT2D eigenvalue weighted by Crippen LogP contribution is -2.33. The zero-order valence-corrected chi connectivity index (χ0v) is 20.0. The quantitative estimate of drug-likeness (QED) is 0.392. The van der Waals surface area contributed by atoms with Gasteiger partial charge in [-0.3, -0.25) is 5.10 Å². The molecule has 2 N–H and O–H groups in total. The molecule has 0 saturated carbocycles. The molecule has 0 radical (unpaired) electrons. The molecule has 33 heavy (non-hydrogen) atoms. The molecule has 1 atom stereocenters. The molecule has 7 nitrogen and oxygen atoms in total. The molecule has 0 unspecified atom stereocenters. The highest BCUT2D eigenvalue weighted by Gasteiger charge is 2.23. The molecule has 1 aromatic heterocycles. The monoisotopic (exact) mass is 473 g/mol. The third-order valence-corrected chi connectivity index (χ3v) is 7.09. The first-order valence-electron chi connectivity index (χ1n) is 11.3. The Morgan fingerprint density at radius 2 is 1.76 bits per heavy atom. The van der Waals surface area contributed by atoms with Crippen molar-refractivity contribution in [3.05, 3.63) is 71.8 Å². The van der Waals surface area contributed by atoms with Crippen LogP contribution in [0.25, 0.3) is 11.4 Å². The van der Waals surface area contributed by atoms with E-state index in [9.17, 15) is 12.8 Å². The second kappa shape index (κ2) is 12.0. The Morgan fingerprint density at radius 1 is 1.06 bits per heavy atom. The van der Waals surface area contributed by atoms with Crippen molar-refractivity contribution in [2.75, 3.05) is 25.4 Å². The Labute approximate surface area is 195 Å². The number of sulfonamides is 1. The predicted octanol–water partition coefficient (Wildman–Crippen LogP) is 3.94. The summed E-state index contributed by atoms with van der Waals surface area (Å²) in [5, 5.41) is 6.96. The molecule has 3 aromatic rings. The summed E-state index contributed by atoms with van der Waals surface area (Å²) in [6, 6.07) is 15.5. The number of aromatic nitrogens is 3. The molecule has 0 aliphatic heterocycles. The van der Waals surface area contributed by atoms with Gasteiger partial charge in [-0.15, -0.1) is 0 Å². The number of nitrogens with zero attached hydrogens (tertiary/aromatic N) is 3. The van der Waals surface area contributed by atoms with Gasteiger partial charge in [-0.2, -0.15) is 5.10 Å². The minimum Gasteiger partial charge on any atom is -0.304 e. The highest BCUT2D eigenvalue weighted by molar-refractivity contribution is 7.89. The summed E-state index contributed by atoms with van der Waals surface area (Å²) < 4.78 is 42.7. The van der Waals surface area contributed by atoms with Gasteiger partial charge in [-0.25, -0.2) is 22.5 Å². The van der Waals surface area contributed by atoms with Crippen LogP contribution < -0.4 is 4.72 Å². The Bertz CT molecular complexity index is 1100. The van der Waals surface area contributed by atoms with Crippen LogP contribution in [0, 0.1) is 5.82 Å². The fourth-order valence-electron chi connectivity index (χ4n) is 3.69. The molecule has 0 aliphatic rings. The van der Waals surface area contributed by atoms with Crippen molar-refractivity contribution in [2.45, 2.75) is 39.2 Å². The molecule has 0 bridgehead atoms. The summed E-state index contributed by atoms with van der Waals surface area (Å²) in [5.41, 5.74) is 1.36. The molecule has 0 saturated heterocycles. The van der Waals surface area contributed by atoms with Crippen LogP contribution in [0.1, 0.15) is 44.1 Å². The van der Waals surface area contributed by atoms with Gasteiger partial charge < -0.3 is 4.90 Å². The van der Waals surface area contributed by atoms with Crippen LogP contribution in [0.4, 0.5) is 4.39 Å². The molecular weight excluding hydrogens is 441 g/mol. The van der Waals surface area contributed by atoms with Crippen molar-refractivity contribution in [1.29, 1.82) is 0 Å². The van der Waals surface area contributed by atoms with Gasteiger partial charge in [-0.05, 0) is 56.6 Å². The van der Waals surface area contributed by atoms with E-state index in [0.29, 0.717) is 25.1 Å². The number of H-pyrrole nitrogens is 1. The summed E-state index contributed by atoms with van der Waals surface area (Å²) in [6.07, 6.45) is 1.69. The number of benzene rings is 2. The Morgan fingerprint density at radius 3 is 2.45 bits per heavy atom. The van der Waals surface area contributed by atoms with Crippen LogP contribution in [0.3, 0.4) is 0 Å². The Kier molecular flexibility index (Phi) is 9.11. The van der Waals surface area contributed by atoms with Crippen LogP contribution in [0.5, 0.6) is 0 Å². The number of nitrogens with one attached hydrogen (secondary N) is 2. The summed E-state index contributed by atoms with van der Waals surface area (Å²) in [5.74, 6) is 0.172. The molecule has 9 heteroatoms. The number of hydrogen-bond donors (Lipinski definition) is 2. The van der Waals surface area contributed by atoms with Crippen LogP contribution >= 0.6 is 0 Å². The van der Waals surface area contributed by atoms with Crippen LogP contribution in [0.2, 0.25) is 0 Å². The van der Waals surface area contributed by atoms with E-state index in [-0.39, 0.29) is 17.1 Å². The third-order valence-electron chi connectivity index (χ3n) is 5.62. The largest absolute Gasteiger partial charge is 0.304 e. The van der Waals surface area contributed by atoms with Crippen LogP contribution in [-0.2, 0) is 16.4 Å². The number of halogens is 1. The van der Waals surface area contributed by atoms with Crippen LogP contribution in [-0.4, -0.2) is 53.9 Å². The summed E-state index contributed by atoms with van der Waals surface area (Å²) in [4.78, 5) is 6.63. The standard InChI is InChI=1S/C24H32FN5O2S/c1-3-30(4-2)17-10-18-33(31,32)29-22(16-15-19-11-6-5-7-12-19)24-26-23(27-28-24)20-13-8-9-14-21(20)25/h5-9,11-14,22,29H,3-4,10,15-18H2,1-2H3,(H,26,27,28)/t22-/m1/s1. The molecule has 0 aliphatic carbocycles. The SMILES string of the molecule is CCN(CC)CCCS(=O)(=O)N[C@H](CCc1ccccc1)c1nc(-c2ccccc2F)n[nH]1. The van der Waals surface area contributed by atoms with Crippen molar-refractivity contribution >= 4 is 10.0 Å². The lowest BCUT2D eigenvalue weighted by atomic mass is 10.1. The van der Waals surface area contributed by atoms with Crippen molar-refractivity contribution in [3.63, 3.8) is 0 Å². The van der Waals surface area contributed by atoms with Crippen molar-refractivity contribution < 1.29 is 12.8 Å². The summed E-state index contributed by atoms with van der Waals surface area (Å²) in [6.45, 7) is 6.63. The molecular formula is C24H32FN5O2S. The van der Waals surface area contributed by atoms with E-state index in [0.717, 1.165) is 25.2 Å². The van der Waals surface area contributed by atoms with Gasteiger partial charge in [-0.1, -0.05) is 56.3 Å². The Balaban J connectivity index is 1.76. The highest BCUT2D eigenvalue weighted by Crippen LogP contribution is 2.23. The molecule has 0 spiro atoms. The number of rotatable bonds is 13. The lowest BCUT2D eigenvalue weighted by molar-refractivity contribution is 0.304. The maximum atomic E-state index is 14.2. The zero-order chi connectivity index (χ0) is 23.7. The molecule has 0 fully saturated rings. The third kappa shape index (κ3) is 7.45. The minimum absolute atomic E-state index is 0.0274. The predicted molar refractivity (Wildman–Crippen MR) is 129 cm³/mol. The topological polar surface area (TPSA) is 91.0 Å². The average Bonchev–Trinajstić information content (AvgIpc) is 3.30. The van der Waals surface area contributed by atoms with Gasteiger partial charge in [0.2, 0.25) is 10.0 Å². The highest BCUT2D eigenvalue weighted by atomic mass is 32.2. The van der Waals surface area contributed by atoms with E-state index in [4.69, 9.17) is 0 Å². The minimum atomic E-state index is -3.55. The second-order valence-corrected chi connectivity index (χ2v) is 9.79. The van der Waals surface area contributed by atoms with Gasteiger partial charge in [0.15, 0.2) is 5.82 Å². The fourth-order valence-corrected chi connectivity index (χ4v) is 4.98. The zero-order valence-electron chi connectivity index (χ0n) is 19.2. The number of hydrogen-bond acceptors (Lipinski definition) is 5. The normalized spacial score (nSPS) is 12.8. The van der Waals surface area contributed by atoms with E-state index >= 15 is 0 Å². The van der Waals surface area contributed by atoms with E-state index in [1.165, 1.54) is 6.07 Å².